The van der Waals surface area contributed by atoms with Crippen LogP contribution in [0.3, 0.4) is 0 Å². The van der Waals surface area contributed by atoms with Crippen molar-refractivity contribution in [3.05, 3.63) is 0 Å². The molecule has 2 N–H and O–H groups in total. The zero-order valence-electron chi connectivity index (χ0n) is 15.7. The minimum Gasteiger partial charge on any atom is -0.381 e. The van der Waals surface area contributed by atoms with Crippen LogP contribution in [0, 0.1) is 5.92 Å². The van der Waals surface area contributed by atoms with Gasteiger partial charge in [-0.05, 0) is 19.3 Å². The van der Waals surface area contributed by atoms with Gasteiger partial charge < -0.3 is 20.1 Å². The van der Waals surface area contributed by atoms with Crippen molar-refractivity contribution in [1.29, 1.82) is 0 Å². The van der Waals surface area contributed by atoms with Gasteiger partial charge in [0.15, 0.2) is 5.96 Å². The number of hydrogen-bond acceptors (Lipinski definition) is 3. The van der Waals surface area contributed by atoms with Crippen LogP contribution in [0.1, 0.15) is 64.7 Å². The summed E-state index contributed by atoms with van der Waals surface area (Å²) in [5.41, 5.74) is -0.150. The molecule has 0 aromatic rings. The van der Waals surface area contributed by atoms with Crippen molar-refractivity contribution >= 4 is 5.96 Å². The topological polar surface area (TPSA) is 54.9 Å². The number of nitrogens with zero attached hydrogens (tertiary/aromatic N) is 1. The van der Waals surface area contributed by atoms with Crippen LogP contribution in [0.5, 0.6) is 0 Å². The van der Waals surface area contributed by atoms with E-state index in [2.05, 4.69) is 17.6 Å². The molecule has 0 unspecified atom stereocenters. The third kappa shape index (κ3) is 6.60. The summed E-state index contributed by atoms with van der Waals surface area (Å²) in [6, 6.07) is 0. The molecule has 0 atom stereocenters. The second-order valence-electron chi connectivity index (χ2n) is 7.27. The number of aliphatic imine (C=N–C) groups is 1. The van der Waals surface area contributed by atoms with Crippen molar-refractivity contribution < 1.29 is 9.47 Å². The molecule has 2 aliphatic rings. The van der Waals surface area contributed by atoms with E-state index in [1.54, 1.807) is 7.11 Å². The Morgan fingerprint density at radius 3 is 2.58 bits per heavy atom. The highest BCUT2D eigenvalue weighted by molar-refractivity contribution is 5.79. The van der Waals surface area contributed by atoms with E-state index in [4.69, 9.17) is 14.5 Å². The van der Waals surface area contributed by atoms with Crippen LogP contribution < -0.4 is 10.6 Å². The van der Waals surface area contributed by atoms with Crippen LogP contribution in [0.15, 0.2) is 4.99 Å². The number of guanidine groups is 1. The fourth-order valence-corrected chi connectivity index (χ4v) is 3.80. The molecule has 24 heavy (non-hydrogen) atoms. The molecule has 0 bridgehead atoms. The molecule has 2 fully saturated rings. The minimum absolute atomic E-state index is 0.150. The highest BCUT2D eigenvalue weighted by Crippen LogP contribution is 2.28. The van der Waals surface area contributed by atoms with Gasteiger partial charge in [-0.3, -0.25) is 4.99 Å². The molecule has 2 rings (SSSR count). The van der Waals surface area contributed by atoms with Crippen molar-refractivity contribution in [2.24, 2.45) is 10.9 Å². The average Bonchev–Trinajstić information content (AvgIpc) is 3.13. The molecule has 0 amide bonds. The van der Waals surface area contributed by atoms with Crippen LogP contribution in [0.2, 0.25) is 0 Å². The lowest BCUT2D eigenvalue weighted by molar-refractivity contribution is -0.0828. The third-order valence-electron chi connectivity index (χ3n) is 5.51. The molecule has 0 aromatic heterocycles. The van der Waals surface area contributed by atoms with Crippen molar-refractivity contribution in [3.63, 3.8) is 0 Å². The molecule has 0 radical (unpaired) electrons. The molecule has 5 nitrogen and oxygen atoms in total. The maximum atomic E-state index is 5.76. The summed E-state index contributed by atoms with van der Waals surface area (Å²) in [5, 5.41) is 6.83. The number of unbranched alkanes of at least 4 members (excludes halogenated alkanes) is 1. The fourth-order valence-electron chi connectivity index (χ4n) is 3.80. The van der Waals surface area contributed by atoms with Gasteiger partial charge in [0.1, 0.15) is 0 Å². The van der Waals surface area contributed by atoms with E-state index >= 15 is 0 Å². The average molecular weight is 340 g/mol. The SMILES string of the molecule is CCNC(=NCC1(OC)CCOCC1)NCCCCC1CCCC1. The molecule has 140 valence electrons. The highest BCUT2D eigenvalue weighted by Gasteiger charge is 2.32. The van der Waals surface area contributed by atoms with E-state index in [-0.39, 0.29) is 5.60 Å². The van der Waals surface area contributed by atoms with Gasteiger partial charge in [0.2, 0.25) is 0 Å². The van der Waals surface area contributed by atoms with Crippen LogP contribution in [-0.2, 0) is 9.47 Å². The lowest BCUT2D eigenvalue weighted by atomic mass is 9.94. The molecule has 5 heteroatoms. The Morgan fingerprint density at radius 1 is 1.17 bits per heavy atom. The smallest absolute Gasteiger partial charge is 0.191 e. The van der Waals surface area contributed by atoms with E-state index in [1.807, 2.05) is 0 Å². The summed E-state index contributed by atoms with van der Waals surface area (Å²) in [6.45, 7) is 6.24. The van der Waals surface area contributed by atoms with Gasteiger partial charge in [-0.1, -0.05) is 38.5 Å². The molecular weight excluding hydrogens is 302 g/mol. The Hall–Kier alpha value is -0.810. The largest absolute Gasteiger partial charge is 0.381 e. The Morgan fingerprint density at radius 2 is 1.92 bits per heavy atom. The number of methoxy groups -OCH3 is 1. The van der Waals surface area contributed by atoms with E-state index < -0.39 is 0 Å². The molecule has 1 aliphatic carbocycles. The molecule has 0 spiro atoms. The van der Waals surface area contributed by atoms with Gasteiger partial charge in [0.25, 0.3) is 0 Å². The second kappa shape index (κ2) is 10.9. The Kier molecular flexibility index (Phi) is 8.89. The van der Waals surface area contributed by atoms with Crippen molar-refractivity contribution in [2.75, 3.05) is 40.0 Å². The summed E-state index contributed by atoms with van der Waals surface area (Å²) in [6.07, 6.45) is 11.6. The predicted octanol–water partition coefficient (Wildman–Crippen LogP) is 3.10. The summed E-state index contributed by atoms with van der Waals surface area (Å²) in [7, 11) is 1.80. The van der Waals surface area contributed by atoms with E-state index in [0.29, 0.717) is 6.54 Å². The summed E-state index contributed by atoms with van der Waals surface area (Å²) in [4.78, 5) is 4.77. The monoisotopic (exact) mass is 339 g/mol. The van der Waals surface area contributed by atoms with Gasteiger partial charge in [-0.25, -0.2) is 0 Å². The lowest BCUT2D eigenvalue weighted by Gasteiger charge is -2.34. The molecule has 1 aliphatic heterocycles. The zero-order valence-corrected chi connectivity index (χ0v) is 15.7. The van der Waals surface area contributed by atoms with E-state index in [0.717, 1.165) is 51.0 Å². The molecular formula is C19H37N3O2. The van der Waals surface area contributed by atoms with Gasteiger partial charge in [0, 0.05) is 46.3 Å². The maximum Gasteiger partial charge on any atom is 0.191 e. The first-order chi connectivity index (χ1) is 11.8. The quantitative estimate of drug-likeness (QED) is 0.385. The van der Waals surface area contributed by atoms with Crippen molar-refractivity contribution in [2.45, 2.75) is 70.3 Å². The third-order valence-corrected chi connectivity index (χ3v) is 5.51. The lowest BCUT2D eigenvalue weighted by Crippen LogP contribution is -2.44. The standard InChI is InChI=1S/C19H37N3O2/c1-3-20-18(21-13-7-6-10-17-8-4-5-9-17)22-16-19(23-2)11-14-24-15-12-19/h17H,3-16H2,1-2H3,(H2,20,21,22). The molecule has 1 saturated carbocycles. The van der Waals surface area contributed by atoms with Crippen LogP contribution in [-0.4, -0.2) is 51.5 Å². The number of ether oxygens (including phenoxy) is 2. The number of nitrogens with one attached hydrogen (secondary N) is 2. The van der Waals surface area contributed by atoms with E-state index in [9.17, 15) is 0 Å². The van der Waals surface area contributed by atoms with Gasteiger partial charge in [-0.15, -0.1) is 0 Å². The Bertz CT molecular complexity index is 362. The van der Waals surface area contributed by atoms with Crippen LogP contribution >= 0.6 is 0 Å². The van der Waals surface area contributed by atoms with Crippen LogP contribution in [0.4, 0.5) is 0 Å². The highest BCUT2D eigenvalue weighted by atomic mass is 16.5. The first kappa shape index (κ1) is 19.5. The number of hydrogen-bond donors (Lipinski definition) is 2. The van der Waals surface area contributed by atoms with Crippen LogP contribution in [0.25, 0.3) is 0 Å². The zero-order chi connectivity index (χ0) is 17.1. The van der Waals surface area contributed by atoms with Gasteiger partial charge >= 0.3 is 0 Å². The van der Waals surface area contributed by atoms with Crippen molar-refractivity contribution in [3.8, 4) is 0 Å². The normalized spacial score (nSPS) is 21.8. The second-order valence-corrected chi connectivity index (χ2v) is 7.27. The predicted molar refractivity (Wildman–Crippen MR) is 99.6 cm³/mol. The Labute approximate surface area is 148 Å². The molecule has 1 saturated heterocycles. The van der Waals surface area contributed by atoms with E-state index in [1.165, 1.54) is 44.9 Å². The first-order valence-corrected chi connectivity index (χ1v) is 9.93. The minimum atomic E-state index is -0.150. The molecule has 0 aromatic carbocycles. The van der Waals surface area contributed by atoms with Crippen molar-refractivity contribution in [1.82, 2.24) is 10.6 Å². The van der Waals surface area contributed by atoms with Gasteiger partial charge in [-0.2, -0.15) is 0 Å². The summed E-state index contributed by atoms with van der Waals surface area (Å²) < 4.78 is 11.2. The molecule has 1 heterocycles. The van der Waals surface area contributed by atoms with Gasteiger partial charge in [0.05, 0.1) is 12.1 Å². The Balaban J connectivity index is 1.69. The summed E-state index contributed by atoms with van der Waals surface area (Å²) in [5.74, 6) is 1.92. The maximum absolute atomic E-state index is 5.76. The first-order valence-electron chi connectivity index (χ1n) is 9.93. The fraction of sp³-hybridized carbons (Fsp3) is 0.947. The summed E-state index contributed by atoms with van der Waals surface area (Å²) >= 11 is 0. The number of rotatable bonds is 9.